The molecule has 1 saturated heterocycles. The fourth-order valence-electron chi connectivity index (χ4n) is 3.21. The molecule has 2 heterocycles. The average Bonchev–Trinajstić information content (AvgIpc) is 3.17. The van der Waals surface area contributed by atoms with Gasteiger partial charge in [0, 0.05) is 25.2 Å². The minimum absolute atomic E-state index is 0.111. The average molecular weight is 358 g/mol. The van der Waals surface area contributed by atoms with E-state index in [1.54, 1.807) is 25.3 Å². The molecule has 1 aromatic carbocycles. The first-order valence-electron chi connectivity index (χ1n) is 8.79. The first-order valence-corrected chi connectivity index (χ1v) is 8.79. The van der Waals surface area contributed by atoms with Gasteiger partial charge in [0.05, 0.1) is 17.8 Å². The molecule has 2 amide bonds. The van der Waals surface area contributed by atoms with E-state index in [1.807, 2.05) is 6.92 Å². The largest absolute Gasteiger partial charge is 0.356 e. The van der Waals surface area contributed by atoms with Gasteiger partial charge in [-0.2, -0.15) is 5.10 Å². The van der Waals surface area contributed by atoms with Crippen molar-refractivity contribution < 1.29 is 14.0 Å². The Morgan fingerprint density at radius 1 is 1.42 bits per heavy atom. The second kappa shape index (κ2) is 7.68. The van der Waals surface area contributed by atoms with Gasteiger partial charge in [-0.1, -0.05) is 6.07 Å². The molecule has 0 saturated carbocycles. The molecule has 138 valence electrons. The van der Waals surface area contributed by atoms with E-state index in [4.69, 9.17) is 0 Å². The highest BCUT2D eigenvalue weighted by atomic mass is 19.1. The highest BCUT2D eigenvalue weighted by Gasteiger charge is 2.35. The monoisotopic (exact) mass is 358 g/mol. The first-order chi connectivity index (χ1) is 12.5. The number of H-pyrrole nitrogens is 1. The maximum atomic E-state index is 14.1. The van der Waals surface area contributed by atoms with Gasteiger partial charge in [-0.25, -0.2) is 4.39 Å². The van der Waals surface area contributed by atoms with Crippen LogP contribution in [0.1, 0.15) is 29.7 Å². The number of benzene rings is 1. The molecule has 0 bridgehead atoms. The molecule has 1 atom stereocenters. The maximum Gasteiger partial charge on any atom is 0.227 e. The number of hydrogen-bond donors (Lipinski definition) is 2. The lowest BCUT2D eigenvalue weighted by molar-refractivity contribution is -0.126. The number of carbonyl (C=O) groups excluding carboxylic acids is 2. The number of nitrogens with one attached hydrogen (secondary N) is 2. The minimum Gasteiger partial charge on any atom is -0.356 e. The Balaban J connectivity index is 1.51. The van der Waals surface area contributed by atoms with E-state index in [2.05, 4.69) is 15.5 Å². The van der Waals surface area contributed by atoms with Crippen LogP contribution < -0.4 is 10.2 Å². The van der Waals surface area contributed by atoms with Crippen LogP contribution in [0, 0.1) is 25.6 Å². The summed E-state index contributed by atoms with van der Waals surface area (Å²) in [5.41, 5.74) is 3.20. The van der Waals surface area contributed by atoms with Crippen molar-refractivity contribution in [3.05, 3.63) is 47.0 Å². The molecule has 1 fully saturated rings. The molecular weight excluding hydrogens is 335 g/mol. The second-order valence-electron chi connectivity index (χ2n) is 6.78. The molecule has 7 heteroatoms. The van der Waals surface area contributed by atoms with Crippen LogP contribution in [0.4, 0.5) is 10.1 Å². The van der Waals surface area contributed by atoms with Crippen LogP contribution in [0.15, 0.2) is 24.4 Å². The number of amides is 2. The van der Waals surface area contributed by atoms with Gasteiger partial charge in [-0.05, 0) is 49.9 Å². The van der Waals surface area contributed by atoms with Gasteiger partial charge >= 0.3 is 0 Å². The standard InChI is InChI=1S/C19H23FN4O2/c1-12-5-6-17(16(20)8-12)24-11-15(9-18(24)25)19(26)21-7-3-4-14-10-22-23-13(14)2/h5-6,8,10,15H,3-4,7,9,11H2,1-2H3,(H,21,26)(H,22,23). The Bertz CT molecular complexity index is 818. The second-order valence-corrected chi connectivity index (χ2v) is 6.78. The van der Waals surface area contributed by atoms with Crippen LogP contribution in [0.5, 0.6) is 0 Å². The fraction of sp³-hybridized carbons (Fsp3) is 0.421. The molecule has 1 aliphatic rings. The van der Waals surface area contributed by atoms with Crippen molar-refractivity contribution in [3.8, 4) is 0 Å². The van der Waals surface area contributed by atoms with Crippen LogP contribution in [0.25, 0.3) is 0 Å². The quantitative estimate of drug-likeness (QED) is 0.778. The summed E-state index contributed by atoms with van der Waals surface area (Å²) in [7, 11) is 0. The van der Waals surface area contributed by atoms with Crippen molar-refractivity contribution in [1.29, 1.82) is 0 Å². The van der Waals surface area contributed by atoms with Crippen molar-refractivity contribution in [2.45, 2.75) is 33.1 Å². The van der Waals surface area contributed by atoms with Crippen molar-refractivity contribution in [3.63, 3.8) is 0 Å². The summed E-state index contributed by atoms with van der Waals surface area (Å²) in [5, 5.41) is 9.74. The third-order valence-electron chi connectivity index (χ3n) is 4.75. The van der Waals surface area contributed by atoms with E-state index in [9.17, 15) is 14.0 Å². The number of aryl methyl sites for hydroxylation is 3. The number of aromatic nitrogens is 2. The van der Waals surface area contributed by atoms with Crippen molar-refractivity contribution in [2.24, 2.45) is 5.92 Å². The number of nitrogens with zero attached hydrogens (tertiary/aromatic N) is 2. The van der Waals surface area contributed by atoms with Gasteiger partial charge < -0.3 is 10.2 Å². The number of carbonyl (C=O) groups is 2. The van der Waals surface area contributed by atoms with E-state index in [1.165, 1.54) is 11.0 Å². The minimum atomic E-state index is -0.445. The van der Waals surface area contributed by atoms with Gasteiger partial charge in [-0.15, -0.1) is 0 Å². The lowest BCUT2D eigenvalue weighted by Crippen LogP contribution is -2.33. The van der Waals surface area contributed by atoms with E-state index in [0.29, 0.717) is 6.54 Å². The first kappa shape index (κ1) is 18.1. The van der Waals surface area contributed by atoms with Crippen molar-refractivity contribution in [1.82, 2.24) is 15.5 Å². The fourth-order valence-corrected chi connectivity index (χ4v) is 3.21. The summed E-state index contributed by atoms with van der Waals surface area (Å²) in [4.78, 5) is 25.9. The Morgan fingerprint density at radius 2 is 2.23 bits per heavy atom. The number of hydrogen-bond acceptors (Lipinski definition) is 3. The Morgan fingerprint density at radius 3 is 2.92 bits per heavy atom. The molecule has 2 aromatic rings. The molecule has 0 spiro atoms. The highest BCUT2D eigenvalue weighted by molar-refractivity contribution is 6.00. The van der Waals surface area contributed by atoms with Crippen LogP contribution >= 0.6 is 0 Å². The SMILES string of the molecule is Cc1ccc(N2CC(C(=O)NCCCc3cn[nH]c3C)CC2=O)c(F)c1. The van der Waals surface area contributed by atoms with Gasteiger partial charge in [0.25, 0.3) is 0 Å². The smallest absolute Gasteiger partial charge is 0.227 e. The zero-order chi connectivity index (χ0) is 18.7. The van der Waals surface area contributed by atoms with E-state index < -0.39 is 11.7 Å². The lowest BCUT2D eigenvalue weighted by atomic mass is 10.1. The molecule has 6 nitrogen and oxygen atoms in total. The molecular formula is C19H23FN4O2. The molecule has 26 heavy (non-hydrogen) atoms. The number of rotatable bonds is 6. The Kier molecular flexibility index (Phi) is 5.35. The van der Waals surface area contributed by atoms with Crippen LogP contribution in [-0.4, -0.2) is 35.1 Å². The molecule has 0 aliphatic carbocycles. The Labute approximate surface area is 151 Å². The van der Waals surface area contributed by atoms with E-state index in [0.717, 1.165) is 29.7 Å². The summed E-state index contributed by atoms with van der Waals surface area (Å²) in [5.74, 6) is -1.26. The van der Waals surface area contributed by atoms with Crippen LogP contribution in [0.2, 0.25) is 0 Å². The molecule has 2 N–H and O–H groups in total. The van der Waals surface area contributed by atoms with Gasteiger partial charge in [0.15, 0.2) is 0 Å². The zero-order valence-electron chi connectivity index (χ0n) is 15.0. The van der Waals surface area contributed by atoms with Gasteiger partial charge in [-0.3, -0.25) is 14.7 Å². The molecule has 0 radical (unpaired) electrons. The van der Waals surface area contributed by atoms with Crippen LogP contribution in [-0.2, 0) is 16.0 Å². The normalized spacial score (nSPS) is 17.0. The number of aromatic amines is 1. The molecule has 1 aliphatic heterocycles. The summed E-state index contributed by atoms with van der Waals surface area (Å²) >= 11 is 0. The third-order valence-corrected chi connectivity index (χ3v) is 4.75. The summed E-state index contributed by atoms with van der Waals surface area (Å²) in [6, 6.07) is 4.75. The van der Waals surface area contributed by atoms with Crippen LogP contribution in [0.3, 0.4) is 0 Å². The van der Waals surface area contributed by atoms with E-state index >= 15 is 0 Å². The zero-order valence-corrected chi connectivity index (χ0v) is 15.0. The molecule has 1 unspecified atom stereocenters. The number of halogens is 1. The maximum absolute atomic E-state index is 14.1. The topological polar surface area (TPSA) is 78.1 Å². The molecule has 1 aromatic heterocycles. The lowest BCUT2D eigenvalue weighted by Gasteiger charge is -2.17. The highest BCUT2D eigenvalue weighted by Crippen LogP contribution is 2.28. The van der Waals surface area contributed by atoms with Gasteiger partial charge in [0.1, 0.15) is 5.82 Å². The van der Waals surface area contributed by atoms with E-state index in [-0.39, 0.29) is 30.5 Å². The van der Waals surface area contributed by atoms with Gasteiger partial charge in [0.2, 0.25) is 11.8 Å². The predicted molar refractivity (Wildman–Crippen MR) is 96.3 cm³/mol. The number of anilines is 1. The van der Waals surface area contributed by atoms with Crippen molar-refractivity contribution >= 4 is 17.5 Å². The Hall–Kier alpha value is -2.70. The summed E-state index contributed by atoms with van der Waals surface area (Å²) in [6.07, 6.45) is 3.52. The molecule has 3 rings (SSSR count). The third kappa shape index (κ3) is 3.92. The predicted octanol–water partition coefficient (Wildman–Crippen LogP) is 2.27. The summed E-state index contributed by atoms with van der Waals surface area (Å²) in [6.45, 7) is 4.50. The summed E-state index contributed by atoms with van der Waals surface area (Å²) < 4.78 is 14.1. The van der Waals surface area contributed by atoms with Crippen molar-refractivity contribution in [2.75, 3.05) is 18.0 Å².